The van der Waals surface area contributed by atoms with Gasteiger partial charge >= 0.3 is 0 Å². The Bertz CT molecular complexity index is 533. The predicted octanol–water partition coefficient (Wildman–Crippen LogP) is 1.33. The van der Waals surface area contributed by atoms with E-state index in [1.54, 1.807) is 0 Å². The van der Waals surface area contributed by atoms with Crippen molar-refractivity contribution in [3.05, 3.63) is 30.1 Å². The number of hydrogen-bond donors (Lipinski definition) is 1. The molecule has 0 bridgehead atoms. The van der Waals surface area contributed by atoms with E-state index in [0.717, 1.165) is 6.07 Å². The molecule has 4 nitrogen and oxygen atoms in total. The van der Waals surface area contributed by atoms with Crippen LogP contribution in [0.15, 0.2) is 29.2 Å². The van der Waals surface area contributed by atoms with Crippen LogP contribution in [-0.2, 0) is 10.0 Å². The molecule has 0 saturated carbocycles. The Morgan fingerprint density at radius 3 is 2.78 bits per heavy atom. The molecule has 1 aliphatic heterocycles. The molecular weight excluding hydrogens is 255 g/mol. The first-order valence-electron chi connectivity index (χ1n) is 5.94. The topological polar surface area (TPSA) is 63.4 Å². The number of nitrogens with zero attached hydrogens (tertiary/aromatic N) is 1. The lowest BCUT2D eigenvalue weighted by molar-refractivity contribution is 0.247. The van der Waals surface area contributed by atoms with Crippen LogP contribution in [0.5, 0.6) is 0 Å². The van der Waals surface area contributed by atoms with Gasteiger partial charge in [-0.1, -0.05) is 6.07 Å². The van der Waals surface area contributed by atoms with Gasteiger partial charge in [-0.2, -0.15) is 4.31 Å². The van der Waals surface area contributed by atoms with Gasteiger partial charge in [0.15, 0.2) is 0 Å². The molecule has 18 heavy (non-hydrogen) atoms. The lowest BCUT2D eigenvalue weighted by atomic mass is 10.0. The van der Waals surface area contributed by atoms with Gasteiger partial charge in [-0.15, -0.1) is 0 Å². The van der Waals surface area contributed by atoms with Crippen molar-refractivity contribution in [2.24, 2.45) is 5.73 Å². The maximum absolute atomic E-state index is 13.1. The van der Waals surface area contributed by atoms with Crippen LogP contribution in [0.3, 0.4) is 0 Å². The number of nitrogens with two attached hydrogens (primary N) is 1. The van der Waals surface area contributed by atoms with E-state index < -0.39 is 15.8 Å². The molecule has 1 heterocycles. The van der Waals surface area contributed by atoms with E-state index in [2.05, 4.69) is 0 Å². The van der Waals surface area contributed by atoms with Gasteiger partial charge in [0.2, 0.25) is 10.0 Å². The maximum Gasteiger partial charge on any atom is 0.243 e. The number of halogens is 1. The zero-order chi connectivity index (χ0) is 13.3. The summed E-state index contributed by atoms with van der Waals surface area (Å²) in [7, 11) is -3.62. The number of hydrogen-bond acceptors (Lipinski definition) is 3. The van der Waals surface area contributed by atoms with E-state index in [-0.39, 0.29) is 17.0 Å². The SMILES string of the molecule is C[C@H]1C[C@H](N)CCN1S(=O)(=O)c1cccc(F)c1. The molecule has 2 rings (SSSR count). The van der Waals surface area contributed by atoms with E-state index in [4.69, 9.17) is 5.73 Å². The predicted molar refractivity (Wildman–Crippen MR) is 67.0 cm³/mol. The highest BCUT2D eigenvalue weighted by molar-refractivity contribution is 7.89. The molecule has 1 aliphatic rings. The first-order chi connectivity index (χ1) is 8.41. The minimum Gasteiger partial charge on any atom is -0.328 e. The zero-order valence-corrected chi connectivity index (χ0v) is 11.0. The van der Waals surface area contributed by atoms with Crippen molar-refractivity contribution in [2.45, 2.75) is 36.7 Å². The third kappa shape index (κ3) is 2.55. The van der Waals surface area contributed by atoms with Gasteiger partial charge in [0.1, 0.15) is 5.82 Å². The van der Waals surface area contributed by atoms with Crippen LogP contribution in [0.4, 0.5) is 4.39 Å². The van der Waals surface area contributed by atoms with Gasteiger partial charge in [-0.05, 0) is 38.0 Å². The molecule has 0 aromatic heterocycles. The Morgan fingerprint density at radius 1 is 1.44 bits per heavy atom. The fraction of sp³-hybridized carbons (Fsp3) is 0.500. The molecule has 1 aromatic rings. The lowest BCUT2D eigenvalue weighted by Gasteiger charge is -2.35. The largest absolute Gasteiger partial charge is 0.328 e. The van der Waals surface area contributed by atoms with Crippen LogP contribution in [0.2, 0.25) is 0 Å². The molecule has 0 aliphatic carbocycles. The van der Waals surface area contributed by atoms with Crippen molar-refractivity contribution < 1.29 is 12.8 Å². The van der Waals surface area contributed by atoms with E-state index in [1.807, 2.05) is 6.92 Å². The molecule has 2 atom stereocenters. The van der Waals surface area contributed by atoms with Crippen molar-refractivity contribution in [1.29, 1.82) is 0 Å². The fourth-order valence-corrected chi connectivity index (χ4v) is 4.00. The highest BCUT2D eigenvalue weighted by Gasteiger charge is 2.33. The molecule has 1 aromatic carbocycles. The highest BCUT2D eigenvalue weighted by atomic mass is 32.2. The van der Waals surface area contributed by atoms with Crippen molar-refractivity contribution in [1.82, 2.24) is 4.31 Å². The van der Waals surface area contributed by atoms with Gasteiger partial charge in [0.25, 0.3) is 0 Å². The van der Waals surface area contributed by atoms with Gasteiger partial charge in [0.05, 0.1) is 4.90 Å². The average molecular weight is 272 g/mol. The quantitative estimate of drug-likeness (QED) is 0.883. The second-order valence-electron chi connectivity index (χ2n) is 4.71. The molecule has 0 radical (unpaired) electrons. The third-order valence-corrected chi connectivity index (χ3v) is 5.27. The molecule has 100 valence electrons. The third-order valence-electron chi connectivity index (χ3n) is 3.26. The summed E-state index contributed by atoms with van der Waals surface area (Å²) in [6, 6.07) is 4.99. The smallest absolute Gasteiger partial charge is 0.243 e. The minimum absolute atomic E-state index is 0.00446. The Morgan fingerprint density at radius 2 is 2.17 bits per heavy atom. The molecule has 1 saturated heterocycles. The van der Waals surface area contributed by atoms with E-state index >= 15 is 0 Å². The first kappa shape index (κ1) is 13.5. The summed E-state index contributed by atoms with van der Waals surface area (Å²) >= 11 is 0. The minimum atomic E-state index is -3.62. The Kier molecular flexibility index (Phi) is 3.70. The van der Waals surface area contributed by atoms with E-state index in [1.165, 1.54) is 22.5 Å². The Labute approximate surface area is 107 Å². The van der Waals surface area contributed by atoms with Crippen LogP contribution in [0, 0.1) is 5.82 Å². The molecule has 6 heteroatoms. The summed E-state index contributed by atoms with van der Waals surface area (Å²) in [6.45, 7) is 2.22. The molecule has 0 amide bonds. The number of benzene rings is 1. The fourth-order valence-electron chi connectivity index (χ4n) is 2.31. The standard InChI is InChI=1S/C12H17FN2O2S/c1-9-7-11(14)5-6-15(9)18(16,17)12-4-2-3-10(13)8-12/h2-4,8-9,11H,5-7,14H2,1H3/t9-,11+/m0/s1. The van der Waals surface area contributed by atoms with Crippen molar-refractivity contribution in [2.75, 3.05) is 6.54 Å². The summed E-state index contributed by atoms with van der Waals surface area (Å²) in [5, 5.41) is 0. The number of piperidine rings is 1. The molecule has 0 unspecified atom stereocenters. The monoisotopic (exact) mass is 272 g/mol. The van der Waals surface area contributed by atoms with Crippen LogP contribution in [0.25, 0.3) is 0 Å². The normalized spacial score (nSPS) is 26.2. The molecule has 0 spiro atoms. The van der Waals surface area contributed by atoms with Crippen molar-refractivity contribution in [3.63, 3.8) is 0 Å². The Balaban J connectivity index is 2.31. The summed E-state index contributed by atoms with van der Waals surface area (Å²) in [5.74, 6) is -0.544. The summed E-state index contributed by atoms with van der Waals surface area (Å²) in [5.41, 5.74) is 5.81. The second-order valence-corrected chi connectivity index (χ2v) is 6.60. The molecule has 2 N–H and O–H groups in total. The van der Waals surface area contributed by atoms with Crippen LogP contribution in [-0.4, -0.2) is 31.4 Å². The van der Waals surface area contributed by atoms with E-state index in [0.29, 0.717) is 19.4 Å². The van der Waals surface area contributed by atoms with Crippen LogP contribution < -0.4 is 5.73 Å². The van der Waals surface area contributed by atoms with Gasteiger partial charge in [-0.3, -0.25) is 0 Å². The van der Waals surface area contributed by atoms with Crippen LogP contribution >= 0.6 is 0 Å². The van der Waals surface area contributed by atoms with Crippen molar-refractivity contribution >= 4 is 10.0 Å². The van der Waals surface area contributed by atoms with Gasteiger partial charge in [0, 0.05) is 18.6 Å². The molecular formula is C12H17FN2O2S. The Hall–Kier alpha value is -0.980. The second kappa shape index (κ2) is 4.95. The van der Waals surface area contributed by atoms with Gasteiger partial charge < -0.3 is 5.73 Å². The van der Waals surface area contributed by atoms with Gasteiger partial charge in [-0.25, -0.2) is 12.8 Å². The number of rotatable bonds is 2. The summed E-state index contributed by atoms with van der Waals surface area (Å²) in [6.07, 6.45) is 1.27. The lowest BCUT2D eigenvalue weighted by Crippen LogP contribution is -2.48. The zero-order valence-electron chi connectivity index (χ0n) is 10.2. The molecule has 1 fully saturated rings. The average Bonchev–Trinajstić information content (AvgIpc) is 2.28. The summed E-state index contributed by atoms with van der Waals surface area (Å²) < 4.78 is 39.3. The van der Waals surface area contributed by atoms with Crippen LogP contribution in [0.1, 0.15) is 19.8 Å². The van der Waals surface area contributed by atoms with E-state index in [9.17, 15) is 12.8 Å². The number of sulfonamides is 1. The first-order valence-corrected chi connectivity index (χ1v) is 7.38. The highest BCUT2D eigenvalue weighted by Crippen LogP contribution is 2.24. The summed E-state index contributed by atoms with van der Waals surface area (Å²) in [4.78, 5) is 0.00446. The van der Waals surface area contributed by atoms with Crippen molar-refractivity contribution in [3.8, 4) is 0 Å². The maximum atomic E-state index is 13.1.